The molecule has 0 amide bonds. The van der Waals surface area contributed by atoms with E-state index in [0.717, 1.165) is 18.8 Å². The summed E-state index contributed by atoms with van der Waals surface area (Å²) in [5.41, 5.74) is 7.16. The molecule has 0 bridgehead atoms. The Hall–Kier alpha value is -1.06. The second kappa shape index (κ2) is 3.59. The van der Waals surface area contributed by atoms with Crippen molar-refractivity contribution >= 4 is 0 Å². The summed E-state index contributed by atoms with van der Waals surface area (Å²) in [5, 5.41) is 3.18. The molecule has 0 unspecified atom stereocenters. The van der Waals surface area contributed by atoms with Crippen LogP contribution < -0.4 is 15.8 Å². The third kappa shape index (κ3) is 1.61. The molecule has 0 radical (unpaired) electrons. The summed E-state index contributed by atoms with van der Waals surface area (Å²) in [5.74, 6) is 0.909. The molecule has 1 saturated heterocycles. The van der Waals surface area contributed by atoms with Gasteiger partial charge in [-0.2, -0.15) is 0 Å². The molecule has 0 saturated carbocycles. The number of nitrogens with one attached hydrogen (secondary N) is 1. The summed E-state index contributed by atoms with van der Waals surface area (Å²) in [6.45, 7) is 4.41. The van der Waals surface area contributed by atoms with Crippen molar-refractivity contribution in [3.8, 4) is 5.75 Å². The van der Waals surface area contributed by atoms with Crippen molar-refractivity contribution in [1.82, 2.24) is 5.32 Å². The van der Waals surface area contributed by atoms with E-state index in [4.69, 9.17) is 10.5 Å². The predicted octanol–water partition coefficient (Wildman–Crippen LogP) is 0.842. The van der Waals surface area contributed by atoms with Gasteiger partial charge in [-0.15, -0.1) is 0 Å². The molecule has 0 aromatic heterocycles. The Morgan fingerprint density at radius 2 is 2.00 bits per heavy atom. The maximum atomic E-state index is 6.14. The first-order chi connectivity index (χ1) is 6.74. The van der Waals surface area contributed by atoms with Crippen LogP contribution in [-0.4, -0.2) is 19.7 Å². The molecule has 1 aliphatic heterocycles. The van der Waals surface area contributed by atoms with E-state index in [1.54, 1.807) is 0 Å². The highest BCUT2D eigenvalue weighted by Gasteiger charge is 2.33. The summed E-state index contributed by atoms with van der Waals surface area (Å²) in [7, 11) is 0. The highest BCUT2D eigenvalue weighted by Crippen LogP contribution is 2.24. The van der Waals surface area contributed by atoms with Crippen LogP contribution in [0.15, 0.2) is 24.3 Å². The van der Waals surface area contributed by atoms with Gasteiger partial charge in [0, 0.05) is 13.1 Å². The fourth-order valence-corrected chi connectivity index (χ4v) is 1.65. The second-order valence-electron chi connectivity index (χ2n) is 3.72. The van der Waals surface area contributed by atoms with Gasteiger partial charge in [0.15, 0.2) is 0 Å². The Kier molecular flexibility index (Phi) is 2.44. The maximum Gasteiger partial charge on any atom is 0.119 e. The molecule has 0 atom stereocenters. The van der Waals surface area contributed by atoms with Crippen LogP contribution in [0.1, 0.15) is 12.5 Å². The lowest BCUT2D eigenvalue weighted by Gasteiger charge is -2.39. The molecule has 1 aromatic carbocycles. The lowest BCUT2D eigenvalue weighted by Crippen LogP contribution is -2.62. The van der Waals surface area contributed by atoms with Crippen molar-refractivity contribution in [3.05, 3.63) is 29.8 Å². The summed E-state index contributed by atoms with van der Waals surface area (Å²) >= 11 is 0. The zero-order chi connectivity index (χ0) is 10.0. The Bertz CT molecular complexity index is 304. The Balaban J connectivity index is 2.13. The molecule has 1 aliphatic rings. The van der Waals surface area contributed by atoms with Crippen LogP contribution in [0, 0.1) is 0 Å². The highest BCUT2D eigenvalue weighted by atomic mass is 16.5. The average molecular weight is 192 g/mol. The molecule has 0 aliphatic carbocycles. The highest BCUT2D eigenvalue weighted by molar-refractivity contribution is 5.33. The van der Waals surface area contributed by atoms with Crippen LogP contribution in [0.25, 0.3) is 0 Å². The lowest BCUT2D eigenvalue weighted by atomic mass is 9.85. The van der Waals surface area contributed by atoms with Crippen LogP contribution >= 0.6 is 0 Å². The van der Waals surface area contributed by atoms with Gasteiger partial charge >= 0.3 is 0 Å². The van der Waals surface area contributed by atoms with Gasteiger partial charge in [-0.3, -0.25) is 0 Å². The van der Waals surface area contributed by atoms with Crippen LogP contribution in [0.3, 0.4) is 0 Å². The maximum absolute atomic E-state index is 6.14. The fourth-order valence-electron chi connectivity index (χ4n) is 1.65. The molecule has 1 aromatic rings. The Labute approximate surface area is 84.3 Å². The van der Waals surface area contributed by atoms with E-state index in [1.807, 2.05) is 31.2 Å². The SMILES string of the molecule is CCOc1ccc(C2(N)CNC2)cc1. The van der Waals surface area contributed by atoms with Gasteiger partial charge in [0.25, 0.3) is 0 Å². The van der Waals surface area contributed by atoms with E-state index in [1.165, 1.54) is 5.56 Å². The monoisotopic (exact) mass is 192 g/mol. The Morgan fingerprint density at radius 1 is 1.36 bits per heavy atom. The quantitative estimate of drug-likeness (QED) is 0.746. The number of benzene rings is 1. The second-order valence-corrected chi connectivity index (χ2v) is 3.72. The van der Waals surface area contributed by atoms with Crippen molar-refractivity contribution < 1.29 is 4.74 Å². The van der Waals surface area contributed by atoms with E-state index in [0.29, 0.717) is 6.61 Å². The van der Waals surface area contributed by atoms with Crippen LogP contribution in [0.2, 0.25) is 0 Å². The molecule has 2 rings (SSSR count). The normalized spacial score (nSPS) is 18.7. The number of rotatable bonds is 3. The van der Waals surface area contributed by atoms with Crippen molar-refractivity contribution in [3.63, 3.8) is 0 Å². The predicted molar refractivity (Wildman–Crippen MR) is 56.3 cm³/mol. The molecule has 3 N–H and O–H groups in total. The summed E-state index contributed by atoms with van der Waals surface area (Å²) in [6, 6.07) is 8.05. The van der Waals surface area contributed by atoms with Crippen molar-refractivity contribution in [2.45, 2.75) is 12.5 Å². The van der Waals surface area contributed by atoms with Crippen LogP contribution in [0.5, 0.6) is 5.75 Å². The van der Waals surface area contributed by atoms with E-state index < -0.39 is 0 Å². The number of ether oxygens (including phenoxy) is 1. The fraction of sp³-hybridized carbons (Fsp3) is 0.455. The summed E-state index contributed by atoms with van der Waals surface area (Å²) in [4.78, 5) is 0. The lowest BCUT2D eigenvalue weighted by molar-refractivity contribution is 0.286. The molecule has 1 heterocycles. The third-order valence-electron chi connectivity index (χ3n) is 2.62. The van der Waals surface area contributed by atoms with Crippen LogP contribution in [-0.2, 0) is 5.54 Å². The third-order valence-corrected chi connectivity index (χ3v) is 2.62. The molecular formula is C11H16N2O. The molecule has 1 fully saturated rings. The minimum absolute atomic E-state index is 0.162. The smallest absolute Gasteiger partial charge is 0.119 e. The first-order valence-corrected chi connectivity index (χ1v) is 4.97. The largest absolute Gasteiger partial charge is 0.494 e. The number of hydrogen-bond acceptors (Lipinski definition) is 3. The first kappa shape index (κ1) is 9.49. The average Bonchev–Trinajstić information content (AvgIpc) is 2.16. The van der Waals surface area contributed by atoms with Gasteiger partial charge in [0.1, 0.15) is 5.75 Å². The zero-order valence-corrected chi connectivity index (χ0v) is 8.42. The Morgan fingerprint density at radius 3 is 2.43 bits per heavy atom. The minimum atomic E-state index is -0.162. The molecule has 14 heavy (non-hydrogen) atoms. The van der Waals surface area contributed by atoms with Gasteiger partial charge < -0.3 is 15.8 Å². The van der Waals surface area contributed by atoms with Gasteiger partial charge in [0.2, 0.25) is 0 Å². The standard InChI is InChI=1S/C11H16N2O/c1-2-14-10-5-3-9(4-6-10)11(12)7-13-8-11/h3-6,13H,2,7-8,12H2,1H3. The number of nitrogens with two attached hydrogens (primary N) is 1. The van der Waals surface area contributed by atoms with Crippen molar-refractivity contribution in [2.75, 3.05) is 19.7 Å². The van der Waals surface area contributed by atoms with Gasteiger partial charge in [-0.05, 0) is 24.6 Å². The number of hydrogen-bond donors (Lipinski definition) is 2. The van der Waals surface area contributed by atoms with Crippen molar-refractivity contribution in [2.24, 2.45) is 5.73 Å². The van der Waals surface area contributed by atoms with E-state index in [2.05, 4.69) is 5.32 Å². The van der Waals surface area contributed by atoms with Gasteiger partial charge in [-0.1, -0.05) is 12.1 Å². The van der Waals surface area contributed by atoms with Crippen LogP contribution in [0.4, 0.5) is 0 Å². The first-order valence-electron chi connectivity index (χ1n) is 4.97. The van der Waals surface area contributed by atoms with E-state index >= 15 is 0 Å². The van der Waals surface area contributed by atoms with Crippen molar-refractivity contribution in [1.29, 1.82) is 0 Å². The molecule has 3 nitrogen and oxygen atoms in total. The minimum Gasteiger partial charge on any atom is -0.494 e. The summed E-state index contributed by atoms with van der Waals surface area (Å²) in [6.07, 6.45) is 0. The molecule has 76 valence electrons. The van der Waals surface area contributed by atoms with Gasteiger partial charge in [-0.25, -0.2) is 0 Å². The molecule has 3 heteroatoms. The summed E-state index contributed by atoms with van der Waals surface area (Å²) < 4.78 is 5.37. The zero-order valence-electron chi connectivity index (χ0n) is 8.42. The molecule has 0 spiro atoms. The van der Waals surface area contributed by atoms with E-state index in [9.17, 15) is 0 Å². The van der Waals surface area contributed by atoms with Gasteiger partial charge in [0.05, 0.1) is 12.1 Å². The topological polar surface area (TPSA) is 47.3 Å². The molecular weight excluding hydrogens is 176 g/mol. The van der Waals surface area contributed by atoms with E-state index in [-0.39, 0.29) is 5.54 Å².